The van der Waals surface area contributed by atoms with Crippen molar-refractivity contribution in [3.8, 4) is 5.75 Å². The van der Waals surface area contributed by atoms with Gasteiger partial charge < -0.3 is 9.47 Å². The maximum Gasteiger partial charge on any atom is 0.307 e. The first-order valence-corrected chi connectivity index (χ1v) is 10.2. The van der Waals surface area contributed by atoms with Crippen LogP contribution in [0.25, 0.3) is 0 Å². The van der Waals surface area contributed by atoms with Crippen LogP contribution in [0.15, 0.2) is 47.4 Å². The fourth-order valence-corrected chi connectivity index (χ4v) is 3.52. The van der Waals surface area contributed by atoms with E-state index >= 15 is 0 Å². The maximum atomic E-state index is 12.1. The molecule has 0 spiro atoms. The van der Waals surface area contributed by atoms with Gasteiger partial charge in [-0.2, -0.15) is 0 Å². The topological polar surface area (TPSA) is 81.7 Å². The molecule has 0 atom stereocenters. The molecule has 0 radical (unpaired) electrons. The summed E-state index contributed by atoms with van der Waals surface area (Å²) in [4.78, 5) is 11.9. The van der Waals surface area contributed by atoms with Gasteiger partial charge in [-0.3, -0.25) is 4.79 Å². The Morgan fingerprint density at radius 3 is 2.22 bits per heavy atom. The molecule has 0 heterocycles. The summed E-state index contributed by atoms with van der Waals surface area (Å²) in [6.07, 6.45) is -0.0471. The molecular weight excluding hydrogens is 366 g/mol. The van der Waals surface area contributed by atoms with Gasteiger partial charge in [0.1, 0.15) is 19.0 Å². The molecule has 0 bridgehead atoms. The van der Waals surface area contributed by atoms with Crippen molar-refractivity contribution < 1.29 is 22.7 Å². The van der Waals surface area contributed by atoms with Crippen molar-refractivity contribution in [2.45, 2.75) is 32.1 Å². The van der Waals surface area contributed by atoms with Gasteiger partial charge in [0, 0.05) is 6.54 Å². The number of hydrogen-bond acceptors (Lipinski definition) is 5. The van der Waals surface area contributed by atoms with E-state index < -0.39 is 16.0 Å². The third-order valence-corrected chi connectivity index (χ3v) is 5.43. The zero-order chi connectivity index (χ0) is 19.9. The van der Waals surface area contributed by atoms with Gasteiger partial charge in [0.2, 0.25) is 10.0 Å². The van der Waals surface area contributed by atoms with Crippen LogP contribution < -0.4 is 9.46 Å². The molecule has 0 fully saturated rings. The fourth-order valence-electron chi connectivity index (χ4n) is 2.49. The van der Waals surface area contributed by atoms with Gasteiger partial charge in [-0.25, -0.2) is 13.1 Å². The van der Waals surface area contributed by atoms with Crippen molar-refractivity contribution >= 4 is 16.0 Å². The zero-order valence-electron chi connectivity index (χ0n) is 15.8. The summed E-state index contributed by atoms with van der Waals surface area (Å²) in [6, 6.07) is 12.4. The molecule has 2 aromatic rings. The molecule has 7 heteroatoms. The number of hydrogen-bond donors (Lipinski definition) is 1. The summed E-state index contributed by atoms with van der Waals surface area (Å²) in [5, 5.41) is 0. The van der Waals surface area contributed by atoms with E-state index in [1.807, 2.05) is 39.0 Å². The number of ether oxygens (including phenoxy) is 2. The third kappa shape index (κ3) is 6.37. The lowest BCUT2D eigenvalue weighted by Crippen LogP contribution is -2.27. The maximum absolute atomic E-state index is 12.1. The second-order valence-electron chi connectivity index (χ2n) is 6.25. The second kappa shape index (κ2) is 9.53. The van der Waals surface area contributed by atoms with E-state index in [1.54, 1.807) is 12.1 Å². The van der Waals surface area contributed by atoms with Crippen molar-refractivity contribution in [2.75, 3.05) is 19.8 Å². The molecule has 27 heavy (non-hydrogen) atoms. The van der Waals surface area contributed by atoms with Crippen molar-refractivity contribution in [3.63, 3.8) is 0 Å². The molecule has 2 aromatic carbocycles. The van der Waals surface area contributed by atoms with Crippen molar-refractivity contribution in [3.05, 3.63) is 59.2 Å². The normalized spacial score (nSPS) is 11.2. The summed E-state index contributed by atoms with van der Waals surface area (Å²) in [5.41, 5.74) is 3.01. The Morgan fingerprint density at radius 1 is 0.963 bits per heavy atom. The molecule has 0 saturated heterocycles. The Labute approximate surface area is 160 Å². The molecule has 0 aromatic heterocycles. The summed E-state index contributed by atoms with van der Waals surface area (Å²) in [5.74, 6) is 0.311. The predicted molar refractivity (Wildman–Crippen MR) is 103 cm³/mol. The van der Waals surface area contributed by atoms with E-state index in [-0.39, 0.29) is 31.1 Å². The first-order valence-electron chi connectivity index (χ1n) is 8.70. The summed E-state index contributed by atoms with van der Waals surface area (Å²) < 4.78 is 37.4. The van der Waals surface area contributed by atoms with Crippen molar-refractivity contribution in [1.29, 1.82) is 0 Å². The second-order valence-corrected chi connectivity index (χ2v) is 8.02. The number of nitrogens with one attached hydrogen (secondary N) is 1. The van der Waals surface area contributed by atoms with Crippen LogP contribution in [0.3, 0.4) is 0 Å². The van der Waals surface area contributed by atoms with E-state index in [1.165, 1.54) is 12.1 Å². The fraction of sp³-hybridized carbons (Fsp3) is 0.350. The number of esters is 1. The van der Waals surface area contributed by atoms with Crippen molar-refractivity contribution in [2.24, 2.45) is 0 Å². The molecule has 0 unspecified atom stereocenters. The highest BCUT2D eigenvalue weighted by Gasteiger charge is 2.14. The monoisotopic (exact) mass is 391 g/mol. The minimum Gasteiger partial charge on any atom is -0.489 e. The van der Waals surface area contributed by atoms with Gasteiger partial charge in [-0.05, 0) is 44.0 Å². The number of sulfonamides is 1. The summed E-state index contributed by atoms with van der Waals surface area (Å²) in [7, 11) is -3.63. The van der Waals surface area contributed by atoms with Gasteiger partial charge in [-0.15, -0.1) is 0 Å². The Balaban J connectivity index is 1.70. The van der Waals surface area contributed by atoms with E-state index in [0.717, 1.165) is 22.4 Å². The lowest BCUT2D eigenvalue weighted by Gasteiger charge is -2.12. The minimum atomic E-state index is -3.63. The highest BCUT2D eigenvalue weighted by Crippen LogP contribution is 2.22. The number of aryl methyl sites for hydroxylation is 3. The SMILES string of the molecule is Cc1ccc(S(=O)(=O)NCCC(=O)OCCOc2c(C)cccc2C)cc1. The van der Waals surface area contributed by atoms with Crippen LogP contribution in [0.4, 0.5) is 0 Å². The summed E-state index contributed by atoms with van der Waals surface area (Å²) in [6.45, 7) is 6.11. The van der Waals surface area contributed by atoms with Gasteiger partial charge in [0.15, 0.2) is 0 Å². The first-order chi connectivity index (χ1) is 12.8. The van der Waals surface area contributed by atoms with Crippen LogP contribution in [0.5, 0.6) is 5.75 Å². The van der Waals surface area contributed by atoms with Crippen LogP contribution in [0.2, 0.25) is 0 Å². The summed E-state index contributed by atoms with van der Waals surface area (Å²) >= 11 is 0. The largest absolute Gasteiger partial charge is 0.489 e. The van der Waals surface area contributed by atoms with E-state index in [4.69, 9.17) is 9.47 Å². The molecule has 146 valence electrons. The van der Waals surface area contributed by atoms with E-state index in [9.17, 15) is 13.2 Å². The Bertz CT molecular complexity index is 855. The highest BCUT2D eigenvalue weighted by atomic mass is 32.2. The van der Waals surface area contributed by atoms with Gasteiger partial charge in [0.05, 0.1) is 11.3 Å². The van der Waals surface area contributed by atoms with Gasteiger partial charge >= 0.3 is 5.97 Å². The van der Waals surface area contributed by atoms with E-state index in [0.29, 0.717) is 0 Å². The molecule has 0 aliphatic carbocycles. The standard InChI is InChI=1S/C20H25NO5S/c1-15-7-9-18(10-8-15)27(23,24)21-12-11-19(22)25-13-14-26-20-16(2)5-4-6-17(20)3/h4-10,21H,11-14H2,1-3H3. The highest BCUT2D eigenvalue weighted by molar-refractivity contribution is 7.89. The molecule has 6 nitrogen and oxygen atoms in total. The first kappa shape index (κ1) is 20.9. The average molecular weight is 391 g/mol. The minimum absolute atomic E-state index is 0.0210. The van der Waals surface area contributed by atoms with Crippen LogP contribution in [0, 0.1) is 20.8 Å². The molecule has 0 aliphatic heterocycles. The van der Waals surface area contributed by atoms with Crippen LogP contribution in [-0.4, -0.2) is 34.1 Å². The predicted octanol–water partition coefficient (Wildman–Crippen LogP) is 2.90. The average Bonchev–Trinajstić information content (AvgIpc) is 2.61. The lowest BCUT2D eigenvalue weighted by molar-refractivity contribution is -0.144. The molecule has 1 N–H and O–H groups in total. The number of carbonyl (C=O) groups is 1. The number of benzene rings is 2. The van der Waals surface area contributed by atoms with Crippen LogP contribution in [-0.2, 0) is 19.6 Å². The number of rotatable bonds is 9. The lowest BCUT2D eigenvalue weighted by atomic mass is 10.1. The van der Waals surface area contributed by atoms with Crippen LogP contribution >= 0.6 is 0 Å². The van der Waals surface area contributed by atoms with Crippen LogP contribution in [0.1, 0.15) is 23.1 Å². The zero-order valence-corrected chi connectivity index (χ0v) is 16.6. The third-order valence-electron chi connectivity index (χ3n) is 3.95. The van der Waals surface area contributed by atoms with Gasteiger partial charge in [0.25, 0.3) is 0 Å². The molecule has 2 rings (SSSR count). The Hall–Kier alpha value is -2.38. The van der Waals surface area contributed by atoms with Crippen molar-refractivity contribution in [1.82, 2.24) is 4.72 Å². The molecule has 0 amide bonds. The molecule has 0 aliphatic rings. The van der Waals surface area contributed by atoms with Gasteiger partial charge in [-0.1, -0.05) is 35.9 Å². The Morgan fingerprint density at radius 2 is 1.59 bits per heavy atom. The number of carbonyl (C=O) groups excluding carboxylic acids is 1. The molecule has 0 saturated carbocycles. The smallest absolute Gasteiger partial charge is 0.307 e. The molecular formula is C20H25NO5S. The quantitative estimate of drug-likeness (QED) is 0.525. The Kier molecular flexibility index (Phi) is 7.38. The van der Waals surface area contributed by atoms with E-state index in [2.05, 4.69) is 4.72 Å². The number of para-hydroxylation sites is 1.